The highest BCUT2D eigenvalue weighted by molar-refractivity contribution is 5.81. The van der Waals surface area contributed by atoms with Crippen LogP contribution in [0.5, 0.6) is 0 Å². The molecule has 2 amide bonds. The van der Waals surface area contributed by atoms with Crippen molar-refractivity contribution >= 4 is 12.0 Å². The van der Waals surface area contributed by atoms with E-state index in [1.54, 1.807) is 11.9 Å². The van der Waals surface area contributed by atoms with E-state index in [9.17, 15) is 9.59 Å². The fourth-order valence-corrected chi connectivity index (χ4v) is 2.71. The van der Waals surface area contributed by atoms with Gasteiger partial charge in [-0.25, -0.2) is 4.79 Å². The Morgan fingerprint density at radius 3 is 2.54 bits per heavy atom. The smallest absolute Gasteiger partial charge is 0.407 e. The highest BCUT2D eigenvalue weighted by atomic mass is 16.5. The van der Waals surface area contributed by atoms with Gasteiger partial charge in [-0.1, -0.05) is 30.3 Å². The van der Waals surface area contributed by atoms with E-state index < -0.39 is 6.09 Å². The summed E-state index contributed by atoms with van der Waals surface area (Å²) in [5.74, 6) is 0.0937. The maximum Gasteiger partial charge on any atom is 0.407 e. The van der Waals surface area contributed by atoms with E-state index in [0.29, 0.717) is 6.54 Å². The van der Waals surface area contributed by atoms with Gasteiger partial charge in [-0.3, -0.25) is 4.79 Å². The first kappa shape index (κ1) is 18.3. The molecule has 6 nitrogen and oxygen atoms in total. The largest absolute Gasteiger partial charge is 0.445 e. The lowest BCUT2D eigenvalue weighted by Crippen LogP contribution is -2.56. The molecule has 2 N–H and O–H groups in total. The molecule has 6 heteroatoms. The Morgan fingerprint density at radius 1 is 1.25 bits per heavy atom. The summed E-state index contributed by atoms with van der Waals surface area (Å²) in [4.78, 5) is 25.5. The zero-order valence-corrected chi connectivity index (χ0v) is 14.6. The molecule has 1 unspecified atom stereocenters. The van der Waals surface area contributed by atoms with E-state index >= 15 is 0 Å². The predicted octanol–water partition coefficient (Wildman–Crippen LogP) is 1.90. The van der Waals surface area contributed by atoms with Crippen LogP contribution in [-0.4, -0.2) is 48.6 Å². The Morgan fingerprint density at radius 2 is 1.92 bits per heavy atom. The summed E-state index contributed by atoms with van der Waals surface area (Å²) in [6.07, 6.45) is 1.24. The summed E-state index contributed by atoms with van der Waals surface area (Å²) in [6, 6.07) is 9.75. The van der Waals surface area contributed by atoms with Gasteiger partial charge in [-0.05, 0) is 32.3 Å². The summed E-state index contributed by atoms with van der Waals surface area (Å²) in [5.41, 5.74) is 0.966. The second-order valence-corrected chi connectivity index (χ2v) is 6.31. The van der Waals surface area contributed by atoms with Crippen LogP contribution in [0.3, 0.4) is 0 Å². The third-order valence-corrected chi connectivity index (χ3v) is 4.38. The lowest BCUT2D eigenvalue weighted by Gasteiger charge is -2.38. The summed E-state index contributed by atoms with van der Waals surface area (Å²) in [5, 5.41) is 6.17. The third-order valence-electron chi connectivity index (χ3n) is 4.38. The van der Waals surface area contributed by atoms with Gasteiger partial charge in [0.15, 0.2) is 0 Å². The summed E-state index contributed by atoms with van der Waals surface area (Å²) >= 11 is 0. The number of likely N-dealkylation sites (N-methyl/N-ethyl adjacent to an activating group) is 1. The molecule has 1 aliphatic carbocycles. The molecule has 1 aromatic rings. The predicted molar refractivity (Wildman–Crippen MR) is 92.5 cm³/mol. The highest BCUT2D eigenvalue weighted by Gasteiger charge is 2.32. The zero-order chi connectivity index (χ0) is 17.5. The summed E-state index contributed by atoms with van der Waals surface area (Å²) < 4.78 is 5.20. The van der Waals surface area contributed by atoms with Gasteiger partial charge >= 0.3 is 6.09 Å². The van der Waals surface area contributed by atoms with Crippen LogP contribution < -0.4 is 10.6 Å². The minimum Gasteiger partial charge on any atom is -0.445 e. The number of alkyl carbamates (subject to hydrolysis) is 1. The lowest BCUT2D eigenvalue weighted by molar-refractivity contribution is -0.131. The molecule has 2 rings (SSSR count). The van der Waals surface area contributed by atoms with Gasteiger partial charge in [0.1, 0.15) is 6.61 Å². The molecule has 1 aliphatic rings. The van der Waals surface area contributed by atoms with E-state index in [1.165, 1.54) is 0 Å². The van der Waals surface area contributed by atoms with Gasteiger partial charge < -0.3 is 20.3 Å². The molecule has 1 fully saturated rings. The monoisotopic (exact) mass is 333 g/mol. The van der Waals surface area contributed by atoms with Gasteiger partial charge in [-0.2, -0.15) is 0 Å². The summed E-state index contributed by atoms with van der Waals surface area (Å²) in [6.45, 7) is 4.81. The molecule has 1 atom stereocenters. The van der Waals surface area contributed by atoms with Crippen LogP contribution in [0.25, 0.3) is 0 Å². The fourth-order valence-electron chi connectivity index (χ4n) is 2.71. The van der Waals surface area contributed by atoms with Crippen LogP contribution in [-0.2, 0) is 16.1 Å². The average Bonchev–Trinajstić information content (AvgIpc) is 2.57. The first-order valence-corrected chi connectivity index (χ1v) is 8.47. The van der Waals surface area contributed by atoms with Crippen LogP contribution >= 0.6 is 0 Å². The Hall–Kier alpha value is -2.08. The molecule has 0 heterocycles. The van der Waals surface area contributed by atoms with Crippen LogP contribution in [0.4, 0.5) is 4.79 Å². The van der Waals surface area contributed by atoms with Crippen molar-refractivity contribution in [3.63, 3.8) is 0 Å². The van der Waals surface area contributed by atoms with E-state index in [1.807, 2.05) is 44.2 Å². The van der Waals surface area contributed by atoms with Crippen molar-refractivity contribution in [2.45, 2.75) is 51.4 Å². The lowest BCUT2D eigenvalue weighted by atomic mass is 9.86. The van der Waals surface area contributed by atoms with Gasteiger partial charge in [-0.15, -0.1) is 0 Å². The summed E-state index contributed by atoms with van der Waals surface area (Å²) in [7, 11) is 1.80. The number of carbonyl (C=O) groups is 2. The number of rotatable bonds is 7. The van der Waals surface area contributed by atoms with Gasteiger partial charge in [0, 0.05) is 25.7 Å². The van der Waals surface area contributed by atoms with Gasteiger partial charge in [0.2, 0.25) is 5.91 Å². The molecule has 0 aliphatic heterocycles. The molecule has 132 valence electrons. The van der Waals surface area contributed by atoms with Crippen LogP contribution in [0, 0.1) is 0 Å². The minimum absolute atomic E-state index is 0.0937. The van der Waals surface area contributed by atoms with E-state index in [4.69, 9.17) is 4.74 Å². The number of ether oxygens (including phenoxy) is 1. The quantitative estimate of drug-likeness (QED) is 0.799. The van der Waals surface area contributed by atoms with E-state index in [0.717, 1.165) is 18.4 Å². The Kier molecular flexibility index (Phi) is 6.61. The zero-order valence-electron chi connectivity index (χ0n) is 14.6. The maximum atomic E-state index is 12.0. The minimum atomic E-state index is -0.392. The topological polar surface area (TPSA) is 70.7 Å². The highest BCUT2D eigenvalue weighted by Crippen LogP contribution is 2.21. The number of nitrogens with zero attached hydrogens (tertiary/aromatic N) is 1. The Balaban J connectivity index is 1.62. The molecule has 0 radical (unpaired) electrons. The molecule has 1 saturated carbocycles. The van der Waals surface area contributed by atoms with Crippen molar-refractivity contribution in [3.8, 4) is 0 Å². The number of hydrogen-bond acceptors (Lipinski definition) is 4. The number of amides is 2. The number of nitrogens with one attached hydrogen (secondary N) is 2. The third kappa shape index (κ3) is 5.23. The van der Waals surface area contributed by atoms with Crippen molar-refractivity contribution in [2.24, 2.45) is 0 Å². The maximum absolute atomic E-state index is 12.0. The van der Waals surface area contributed by atoms with Crippen LogP contribution in [0.2, 0.25) is 0 Å². The molecule has 24 heavy (non-hydrogen) atoms. The van der Waals surface area contributed by atoms with Crippen molar-refractivity contribution in [3.05, 3.63) is 35.9 Å². The Bertz CT molecular complexity index is 544. The van der Waals surface area contributed by atoms with Crippen molar-refractivity contribution in [2.75, 3.05) is 13.6 Å². The number of hydrogen-bond donors (Lipinski definition) is 2. The SMILES string of the molecule is CCN(C)C(=O)C(C)NC1CC(NC(=O)OCc2ccccc2)C1. The van der Waals surface area contributed by atoms with Crippen molar-refractivity contribution in [1.29, 1.82) is 0 Å². The number of carbonyl (C=O) groups excluding carboxylic acids is 2. The van der Waals surface area contributed by atoms with E-state index in [2.05, 4.69) is 10.6 Å². The fraction of sp³-hybridized carbons (Fsp3) is 0.556. The van der Waals surface area contributed by atoms with Gasteiger partial charge in [0.25, 0.3) is 0 Å². The molecule has 0 saturated heterocycles. The average molecular weight is 333 g/mol. The first-order chi connectivity index (χ1) is 11.5. The van der Waals surface area contributed by atoms with Crippen molar-refractivity contribution < 1.29 is 14.3 Å². The van der Waals surface area contributed by atoms with Crippen LogP contribution in [0.15, 0.2) is 30.3 Å². The second kappa shape index (κ2) is 8.68. The first-order valence-electron chi connectivity index (χ1n) is 8.47. The standard InChI is InChI=1S/C18H27N3O3/c1-4-21(3)17(22)13(2)19-15-10-16(11-15)20-18(23)24-12-14-8-6-5-7-9-14/h5-9,13,15-16,19H,4,10-12H2,1-3H3,(H,20,23). The molecule has 0 aromatic heterocycles. The van der Waals surface area contributed by atoms with Crippen molar-refractivity contribution in [1.82, 2.24) is 15.5 Å². The van der Waals surface area contributed by atoms with E-state index in [-0.39, 0.29) is 30.6 Å². The van der Waals surface area contributed by atoms with Gasteiger partial charge in [0.05, 0.1) is 6.04 Å². The second-order valence-electron chi connectivity index (χ2n) is 6.31. The molecular formula is C18H27N3O3. The molecule has 0 bridgehead atoms. The molecule has 1 aromatic carbocycles. The Labute approximate surface area is 143 Å². The number of benzene rings is 1. The molecular weight excluding hydrogens is 306 g/mol. The van der Waals surface area contributed by atoms with Crippen LogP contribution in [0.1, 0.15) is 32.3 Å². The normalized spacial score (nSPS) is 20.6. The molecule has 0 spiro atoms.